The highest BCUT2D eigenvalue weighted by Crippen LogP contribution is 2.39. The van der Waals surface area contributed by atoms with Gasteiger partial charge in [-0.1, -0.05) is 12.1 Å². The maximum absolute atomic E-state index is 13.8. The fourth-order valence-electron chi connectivity index (χ4n) is 5.07. The maximum atomic E-state index is 13.8. The van der Waals surface area contributed by atoms with Crippen molar-refractivity contribution in [2.24, 2.45) is 5.92 Å². The number of halogens is 1. The van der Waals surface area contributed by atoms with Crippen LogP contribution in [0.5, 0.6) is 0 Å². The molecule has 0 bridgehead atoms. The zero-order chi connectivity index (χ0) is 23.5. The second-order valence-electron chi connectivity index (χ2n) is 9.10. The monoisotopic (exact) mass is 454 g/mol. The molecule has 1 fully saturated rings. The number of hydrogen-bond acceptors (Lipinski definition) is 4. The Bertz CT molecular complexity index is 1290. The molecule has 6 heteroatoms. The molecule has 1 aliphatic rings. The average molecular weight is 455 g/mol. The predicted octanol–water partition coefficient (Wildman–Crippen LogP) is 5.92. The summed E-state index contributed by atoms with van der Waals surface area (Å²) in [5, 5.41) is 4.10. The lowest BCUT2D eigenvalue weighted by Gasteiger charge is -2.33. The Labute approximate surface area is 198 Å². The van der Waals surface area contributed by atoms with Crippen molar-refractivity contribution in [3.05, 3.63) is 90.3 Å². The van der Waals surface area contributed by atoms with Gasteiger partial charge >= 0.3 is 0 Å². The van der Waals surface area contributed by atoms with Gasteiger partial charge in [0.05, 0.1) is 17.4 Å². The molecule has 0 unspecified atom stereocenters. The molecule has 172 valence electrons. The molecule has 0 spiro atoms. The number of aromatic nitrogens is 3. The van der Waals surface area contributed by atoms with Crippen LogP contribution in [-0.2, 0) is 0 Å². The van der Waals surface area contributed by atoms with Crippen molar-refractivity contribution in [2.45, 2.75) is 44.6 Å². The summed E-state index contributed by atoms with van der Waals surface area (Å²) in [6, 6.07) is 14.4. The van der Waals surface area contributed by atoms with Crippen LogP contribution in [0.3, 0.4) is 0 Å². The van der Waals surface area contributed by atoms with Gasteiger partial charge in [-0.2, -0.15) is 0 Å². The van der Waals surface area contributed by atoms with Crippen molar-refractivity contribution in [3.63, 3.8) is 0 Å². The van der Waals surface area contributed by atoms with Gasteiger partial charge in [-0.05, 0) is 86.4 Å². The molecule has 0 aliphatic heterocycles. The first kappa shape index (κ1) is 22.1. The molecular weight excluding hydrogens is 427 g/mol. The van der Waals surface area contributed by atoms with Crippen LogP contribution >= 0.6 is 0 Å². The predicted molar refractivity (Wildman–Crippen MR) is 131 cm³/mol. The van der Waals surface area contributed by atoms with E-state index in [1.165, 1.54) is 11.6 Å². The Morgan fingerprint density at radius 3 is 2.50 bits per heavy atom. The minimum absolute atomic E-state index is 0.0593. The fourth-order valence-corrected chi connectivity index (χ4v) is 5.07. The molecule has 2 aromatic heterocycles. The van der Waals surface area contributed by atoms with Crippen molar-refractivity contribution in [1.82, 2.24) is 20.3 Å². The van der Waals surface area contributed by atoms with Crippen molar-refractivity contribution in [1.29, 1.82) is 0 Å². The Balaban J connectivity index is 1.20. The van der Waals surface area contributed by atoms with Crippen LogP contribution in [0, 0.1) is 11.7 Å². The van der Waals surface area contributed by atoms with E-state index in [4.69, 9.17) is 0 Å². The Kier molecular flexibility index (Phi) is 6.30. The lowest BCUT2D eigenvalue weighted by atomic mass is 9.75. The number of benzene rings is 2. The standard InChI is InChI=1S/C28H27FN4O/c1-18(33-28(34)22-8-6-21(7-9-22)27-17-30-14-15-32-27)19-2-4-20(5-3-19)24-12-13-31-26-11-10-23(29)16-25(24)26/h6-20H,2-5H2,1H3,(H,33,34)/t18-,19-,20-/m1/s1. The van der Waals surface area contributed by atoms with Gasteiger partial charge in [0.2, 0.25) is 0 Å². The molecule has 2 heterocycles. The molecule has 0 saturated heterocycles. The lowest BCUT2D eigenvalue weighted by Crippen LogP contribution is -2.39. The third kappa shape index (κ3) is 4.67. The molecule has 4 aromatic rings. The zero-order valence-corrected chi connectivity index (χ0v) is 19.1. The quantitative estimate of drug-likeness (QED) is 0.406. The van der Waals surface area contributed by atoms with Crippen LogP contribution in [0.4, 0.5) is 4.39 Å². The third-order valence-corrected chi connectivity index (χ3v) is 7.02. The minimum atomic E-state index is -0.225. The molecule has 1 saturated carbocycles. The normalized spacial score (nSPS) is 19.0. The fraction of sp³-hybridized carbons (Fsp3) is 0.286. The van der Waals surface area contributed by atoms with Crippen molar-refractivity contribution in [3.8, 4) is 11.3 Å². The summed E-state index contributed by atoms with van der Waals surface area (Å²) in [4.78, 5) is 25.6. The Morgan fingerprint density at radius 2 is 1.76 bits per heavy atom. The third-order valence-electron chi connectivity index (χ3n) is 7.02. The summed E-state index contributed by atoms with van der Waals surface area (Å²) in [7, 11) is 0. The number of rotatable bonds is 5. The first-order valence-electron chi connectivity index (χ1n) is 11.8. The van der Waals surface area contributed by atoms with Gasteiger partial charge in [0.1, 0.15) is 5.82 Å². The van der Waals surface area contributed by atoms with E-state index >= 15 is 0 Å². The number of pyridine rings is 1. The number of carbonyl (C=O) groups is 1. The molecule has 1 N–H and O–H groups in total. The summed E-state index contributed by atoms with van der Waals surface area (Å²) in [5.41, 5.74) is 4.37. The topological polar surface area (TPSA) is 67.8 Å². The molecule has 5 rings (SSSR count). The average Bonchev–Trinajstić information content (AvgIpc) is 2.89. The smallest absolute Gasteiger partial charge is 0.251 e. The maximum Gasteiger partial charge on any atom is 0.251 e. The Hall–Kier alpha value is -3.67. The summed E-state index contributed by atoms with van der Waals surface area (Å²) in [6.07, 6.45) is 10.9. The van der Waals surface area contributed by atoms with Gasteiger partial charge in [0.25, 0.3) is 5.91 Å². The first-order valence-corrected chi connectivity index (χ1v) is 11.8. The number of fused-ring (bicyclic) bond motifs is 1. The lowest BCUT2D eigenvalue weighted by molar-refractivity contribution is 0.0918. The molecule has 0 radical (unpaired) electrons. The van der Waals surface area contributed by atoms with E-state index in [0.29, 0.717) is 17.4 Å². The van der Waals surface area contributed by atoms with Crippen LogP contribution in [0.2, 0.25) is 0 Å². The van der Waals surface area contributed by atoms with Crippen molar-refractivity contribution in [2.75, 3.05) is 0 Å². The molecule has 5 nitrogen and oxygen atoms in total. The van der Waals surface area contributed by atoms with Gasteiger partial charge in [-0.3, -0.25) is 19.7 Å². The largest absolute Gasteiger partial charge is 0.349 e. The van der Waals surface area contributed by atoms with Crippen molar-refractivity contribution >= 4 is 16.8 Å². The number of hydrogen-bond donors (Lipinski definition) is 1. The molecule has 1 aliphatic carbocycles. The number of carbonyl (C=O) groups excluding carboxylic acids is 1. The van der Waals surface area contributed by atoms with Crippen LogP contribution in [0.25, 0.3) is 22.2 Å². The van der Waals surface area contributed by atoms with Gasteiger partial charge in [-0.15, -0.1) is 0 Å². The van der Waals surface area contributed by atoms with E-state index in [1.54, 1.807) is 30.7 Å². The zero-order valence-electron chi connectivity index (χ0n) is 19.1. The van der Waals surface area contributed by atoms with E-state index in [-0.39, 0.29) is 17.8 Å². The second-order valence-corrected chi connectivity index (χ2v) is 9.10. The van der Waals surface area contributed by atoms with Crippen LogP contribution in [0.15, 0.2) is 73.3 Å². The minimum Gasteiger partial charge on any atom is -0.349 e. The number of amides is 1. The highest BCUT2D eigenvalue weighted by molar-refractivity contribution is 5.94. The van der Waals surface area contributed by atoms with Gasteiger partial charge in [-0.25, -0.2) is 4.39 Å². The van der Waals surface area contributed by atoms with Gasteiger partial charge < -0.3 is 5.32 Å². The number of nitrogens with zero attached hydrogens (tertiary/aromatic N) is 3. The molecule has 1 amide bonds. The summed E-state index contributed by atoms with van der Waals surface area (Å²) in [6.45, 7) is 2.09. The first-order chi connectivity index (χ1) is 16.6. The highest BCUT2D eigenvalue weighted by atomic mass is 19.1. The van der Waals surface area contributed by atoms with Crippen LogP contribution < -0.4 is 5.32 Å². The summed E-state index contributed by atoms with van der Waals surface area (Å²) >= 11 is 0. The van der Waals surface area contributed by atoms with E-state index in [9.17, 15) is 9.18 Å². The summed E-state index contributed by atoms with van der Waals surface area (Å²) < 4.78 is 13.8. The second kappa shape index (κ2) is 9.67. The van der Waals surface area contributed by atoms with Gasteiger partial charge in [0.15, 0.2) is 0 Å². The number of nitrogens with one attached hydrogen (secondary N) is 1. The molecule has 34 heavy (non-hydrogen) atoms. The van der Waals surface area contributed by atoms with E-state index < -0.39 is 0 Å². The van der Waals surface area contributed by atoms with E-state index in [2.05, 4.69) is 27.2 Å². The Morgan fingerprint density at radius 1 is 0.971 bits per heavy atom. The highest BCUT2D eigenvalue weighted by Gasteiger charge is 2.28. The van der Waals surface area contributed by atoms with Crippen molar-refractivity contribution < 1.29 is 9.18 Å². The van der Waals surface area contributed by atoms with E-state index in [1.807, 2.05) is 36.5 Å². The molecule has 2 aromatic carbocycles. The van der Waals surface area contributed by atoms with Gasteiger partial charge in [0, 0.05) is 41.1 Å². The SMILES string of the molecule is C[C@@H](NC(=O)c1ccc(-c2cnccn2)cc1)[C@H]1CC[C@H](c2ccnc3ccc(F)cc32)CC1. The summed E-state index contributed by atoms with van der Waals surface area (Å²) in [5.74, 6) is 0.524. The van der Waals surface area contributed by atoms with Crippen LogP contribution in [0.1, 0.15) is 54.4 Å². The molecule has 1 atom stereocenters. The van der Waals surface area contributed by atoms with Crippen LogP contribution in [-0.4, -0.2) is 26.9 Å². The van der Waals surface area contributed by atoms with E-state index in [0.717, 1.165) is 47.8 Å². The molecular formula is C28H27FN4O.